The number of amides is 1. The molecule has 0 radical (unpaired) electrons. The Morgan fingerprint density at radius 2 is 1.84 bits per heavy atom. The van der Waals surface area contributed by atoms with Crippen LogP contribution in [0.3, 0.4) is 0 Å². The number of rotatable bonds is 7. The zero-order chi connectivity index (χ0) is 14.3. The van der Waals surface area contributed by atoms with Crippen molar-refractivity contribution in [1.82, 2.24) is 5.32 Å². The van der Waals surface area contributed by atoms with Crippen molar-refractivity contribution < 1.29 is 14.3 Å². The van der Waals surface area contributed by atoms with Crippen LogP contribution < -0.4 is 11.1 Å². The first-order valence-electron chi connectivity index (χ1n) is 6.26. The van der Waals surface area contributed by atoms with Crippen molar-refractivity contribution in [2.75, 3.05) is 20.0 Å². The van der Waals surface area contributed by atoms with Gasteiger partial charge in [0, 0.05) is 26.3 Å². The molecule has 0 bridgehead atoms. The van der Waals surface area contributed by atoms with Gasteiger partial charge in [0.25, 0.3) is 0 Å². The Kier molecular flexibility index (Phi) is 6.32. The van der Waals surface area contributed by atoms with Crippen LogP contribution in [0.25, 0.3) is 0 Å². The number of hydrogen-bond donors (Lipinski definition) is 2. The predicted octanol–water partition coefficient (Wildman–Crippen LogP) is 1.32. The van der Waals surface area contributed by atoms with Crippen molar-refractivity contribution in [1.29, 1.82) is 0 Å². The van der Waals surface area contributed by atoms with Gasteiger partial charge in [0.1, 0.15) is 0 Å². The third-order valence-electron chi connectivity index (χ3n) is 2.88. The van der Waals surface area contributed by atoms with E-state index < -0.39 is 6.29 Å². The maximum absolute atomic E-state index is 11.8. The highest BCUT2D eigenvalue weighted by Crippen LogP contribution is 2.08. The standard InChI is InChI=1S/C14H22N2O3/c1-10(14(18-2)19-3)16-13(17)9-6-11-4-7-12(15)8-5-11/h4-5,7-8,10,14H,6,9,15H2,1-3H3,(H,16,17). The summed E-state index contributed by atoms with van der Waals surface area (Å²) < 4.78 is 10.2. The van der Waals surface area contributed by atoms with E-state index in [9.17, 15) is 4.79 Å². The average molecular weight is 266 g/mol. The summed E-state index contributed by atoms with van der Waals surface area (Å²) in [6.45, 7) is 1.85. The van der Waals surface area contributed by atoms with Crippen molar-refractivity contribution in [3.63, 3.8) is 0 Å². The normalized spacial score (nSPS) is 12.4. The Bertz CT molecular complexity index is 388. The summed E-state index contributed by atoms with van der Waals surface area (Å²) in [5.74, 6) is -0.0246. The maximum Gasteiger partial charge on any atom is 0.220 e. The molecule has 1 rings (SSSR count). The van der Waals surface area contributed by atoms with E-state index in [1.165, 1.54) is 0 Å². The number of benzene rings is 1. The van der Waals surface area contributed by atoms with E-state index in [4.69, 9.17) is 15.2 Å². The number of aryl methyl sites for hydroxylation is 1. The summed E-state index contributed by atoms with van der Waals surface area (Å²) in [6.07, 6.45) is 0.679. The fourth-order valence-electron chi connectivity index (χ4n) is 1.84. The van der Waals surface area contributed by atoms with E-state index >= 15 is 0 Å². The van der Waals surface area contributed by atoms with Gasteiger partial charge in [-0.1, -0.05) is 12.1 Å². The highest BCUT2D eigenvalue weighted by Gasteiger charge is 2.17. The van der Waals surface area contributed by atoms with Crippen molar-refractivity contribution >= 4 is 11.6 Å². The van der Waals surface area contributed by atoms with Gasteiger partial charge in [-0.25, -0.2) is 0 Å². The lowest BCUT2D eigenvalue weighted by atomic mass is 10.1. The second kappa shape index (κ2) is 7.76. The lowest BCUT2D eigenvalue weighted by Crippen LogP contribution is -2.43. The topological polar surface area (TPSA) is 73.6 Å². The molecule has 0 saturated heterocycles. The predicted molar refractivity (Wildman–Crippen MR) is 74.6 cm³/mol. The Hall–Kier alpha value is -1.59. The molecule has 1 aromatic carbocycles. The molecular weight excluding hydrogens is 244 g/mol. The minimum Gasteiger partial charge on any atom is -0.399 e. The van der Waals surface area contributed by atoms with Crippen molar-refractivity contribution in [2.45, 2.75) is 32.1 Å². The second-order valence-corrected chi connectivity index (χ2v) is 4.44. The van der Waals surface area contributed by atoms with Crippen LogP contribution in [-0.2, 0) is 20.7 Å². The summed E-state index contributed by atoms with van der Waals surface area (Å²) in [5.41, 5.74) is 7.42. The summed E-state index contributed by atoms with van der Waals surface area (Å²) in [4.78, 5) is 11.8. The van der Waals surface area contributed by atoms with Crippen LogP contribution >= 0.6 is 0 Å². The lowest BCUT2D eigenvalue weighted by Gasteiger charge is -2.22. The van der Waals surface area contributed by atoms with Crippen molar-refractivity contribution in [3.05, 3.63) is 29.8 Å². The van der Waals surface area contributed by atoms with Gasteiger partial charge < -0.3 is 20.5 Å². The first-order chi connectivity index (χ1) is 9.06. The Balaban J connectivity index is 2.37. The maximum atomic E-state index is 11.8. The molecule has 3 N–H and O–H groups in total. The van der Waals surface area contributed by atoms with Gasteiger partial charge in [-0.15, -0.1) is 0 Å². The Morgan fingerprint density at radius 1 is 1.26 bits per heavy atom. The fourth-order valence-corrected chi connectivity index (χ4v) is 1.84. The zero-order valence-electron chi connectivity index (χ0n) is 11.7. The van der Waals surface area contributed by atoms with Crippen LogP contribution in [0.1, 0.15) is 18.9 Å². The monoisotopic (exact) mass is 266 g/mol. The molecule has 106 valence electrons. The summed E-state index contributed by atoms with van der Waals surface area (Å²) in [6, 6.07) is 7.34. The molecule has 0 aliphatic heterocycles. The molecule has 1 amide bonds. The molecule has 0 aromatic heterocycles. The quantitative estimate of drug-likeness (QED) is 0.576. The van der Waals surface area contributed by atoms with Gasteiger partial charge in [0.05, 0.1) is 6.04 Å². The molecule has 5 nitrogen and oxygen atoms in total. The number of carbonyl (C=O) groups excluding carboxylic acids is 1. The van der Waals surface area contributed by atoms with Crippen LogP contribution in [0, 0.1) is 0 Å². The number of nitrogens with two attached hydrogens (primary N) is 1. The molecule has 0 spiro atoms. The smallest absolute Gasteiger partial charge is 0.220 e. The van der Waals surface area contributed by atoms with Gasteiger partial charge in [-0.3, -0.25) is 4.79 Å². The minimum absolute atomic E-state index is 0.0246. The molecule has 0 heterocycles. The third kappa shape index (κ3) is 5.28. The van der Waals surface area contributed by atoms with Crippen molar-refractivity contribution in [3.8, 4) is 0 Å². The third-order valence-corrected chi connectivity index (χ3v) is 2.88. The van der Waals surface area contributed by atoms with Gasteiger partial charge in [-0.2, -0.15) is 0 Å². The first-order valence-corrected chi connectivity index (χ1v) is 6.26. The molecular formula is C14H22N2O3. The number of nitrogens with one attached hydrogen (secondary N) is 1. The summed E-state index contributed by atoms with van der Waals surface area (Å²) in [5, 5.41) is 2.85. The molecule has 1 aromatic rings. The van der Waals surface area contributed by atoms with Crippen LogP contribution in [-0.4, -0.2) is 32.5 Å². The van der Waals surface area contributed by atoms with E-state index in [0.29, 0.717) is 12.8 Å². The Morgan fingerprint density at radius 3 is 2.37 bits per heavy atom. The lowest BCUT2D eigenvalue weighted by molar-refractivity contribution is -0.135. The molecule has 19 heavy (non-hydrogen) atoms. The van der Waals surface area contributed by atoms with Crippen LogP contribution in [0.4, 0.5) is 5.69 Å². The second-order valence-electron chi connectivity index (χ2n) is 4.44. The first kappa shape index (κ1) is 15.5. The molecule has 1 atom stereocenters. The van der Waals surface area contributed by atoms with Gasteiger partial charge in [-0.05, 0) is 31.0 Å². The summed E-state index contributed by atoms with van der Waals surface area (Å²) in [7, 11) is 3.09. The van der Waals surface area contributed by atoms with Gasteiger partial charge >= 0.3 is 0 Å². The fraction of sp³-hybridized carbons (Fsp3) is 0.500. The van der Waals surface area contributed by atoms with E-state index in [1.54, 1.807) is 14.2 Å². The van der Waals surface area contributed by atoms with E-state index in [0.717, 1.165) is 11.3 Å². The number of anilines is 1. The van der Waals surface area contributed by atoms with E-state index in [-0.39, 0.29) is 11.9 Å². The van der Waals surface area contributed by atoms with Gasteiger partial charge in [0.2, 0.25) is 5.91 Å². The minimum atomic E-state index is -0.430. The zero-order valence-corrected chi connectivity index (χ0v) is 11.7. The van der Waals surface area contributed by atoms with E-state index in [2.05, 4.69) is 5.32 Å². The van der Waals surface area contributed by atoms with E-state index in [1.807, 2.05) is 31.2 Å². The highest BCUT2D eigenvalue weighted by atomic mass is 16.7. The SMILES string of the molecule is COC(OC)C(C)NC(=O)CCc1ccc(N)cc1. The average Bonchev–Trinajstić information content (AvgIpc) is 2.39. The largest absolute Gasteiger partial charge is 0.399 e. The number of ether oxygens (including phenoxy) is 2. The van der Waals surface area contributed by atoms with Crippen molar-refractivity contribution in [2.24, 2.45) is 0 Å². The number of carbonyl (C=O) groups is 1. The van der Waals surface area contributed by atoms with Crippen LogP contribution in [0.2, 0.25) is 0 Å². The van der Waals surface area contributed by atoms with Crippen LogP contribution in [0.15, 0.2) is 24.3 Å². The Labute approximate surface area is 114 Å². The molecule has 0 aliphatic rings. The number of hydrogen-bond acceptors (Lipinski definition) is 4. The van der Waals surface area contributed by atoms with Gasteiger partial charge in [0.15, 0.2) is 6.29 Å². The van der Waals surface area contributed by atoms with Crippen LogP contribution in [0.5, 0.6) is 0 Å². The summed E-state index contributed by atoms with van der Waals surface area (Å²) >= 11 is 0. The molecule has 1 unspecified atom stereocenters. The molecule has 0 fully saturated rings. The number of methoxy groups -OCH3 is 2. The highest BCUT2D eigenvalue weighted by molar-refractivity contribution is 5.76. The molecule has 5 heteroatoms. The number of nitrogen functional groups attached to an aromatic ring is 1. The molecule has 0 aliphatic carbocycles. The molecule has 0 saturated carbocycles.